The van der Waals surface area contributed by atoms with Gasteiger partial charge >= 0.3 is 5.97 Å². The van der Waals surface area contributed by atoms with E-state index in [1.165, 1.54) is 7.11 Å². The maximum atomic E-state index is 10.9. The zero-order valence-corrected chi connectivity index (χ0v) is 9.87. The van der Waals surface area contributed by atoms with Crippen LogP contribution in [0.15, 0.2) is 30.3 Å². The lowest BCUT2D eigenvalue weighted by Gasteiger charge is -2.13. The highest BCUT2D eigenvalue weighted by molar-refractivity contribution is 7.94. The SMILES string of the molecule is COSCC(NCc1ccccc1)C(=O)O. The highest BCUT2D eigenvalue weighted by atomic mass is 32.2. The van der Waals surface area contributed by atoms with Crippen molar-refractivity contribution >= 4 is 18.0 Å². The summed E-state index contributed by atoms with van der Waals surface area (Å²) in [7, 11) is 1.53. The van der Waals surface area contributed by atoms with E-state index >= 15 is 0 Å². The zero-order chi connectivity index (χ0) is 11.8. The van der Waals surface area contributed by atoms with Gasteiger partial charge < -0.3 is 9.29 Å². The molecule has 0 radical (unpaired) electrons. The van der Waals surface area contributed by atoms with Crippen molar-refractivity contribution in [2.75, 3.05) is 12.9 Å². The van der Waals surface area contributed by atoms with Crippen LogP contribution in [0.1, 0.15) is 5.56 Å². The van der Waals surface area contributed by atoms with E-state index in [4.69, 9.17) is 9.29 Å². The molecule has 0 amide bonds. The Morgan fingerprint density at radius 2 is 2.19 bits per heavy atom. The molecular formula is C11H15NO3S. The second-order valence-corrected chi connectivity index (χ2v) is 4.11. The van der Waals surface area contributed by atoms with E-state index in [9.17, 15) is 4.79 Å². The minimum atomic E-state index is -0.861. The number of hydrogen-bond acceptors (Lipinski definition) is 4. The van der Waals surface area contributed by atoms with Gasteiger partial charge in [0.05, 0.1) is 7.11 Å². The number of benzene rings is 1. The maximum absolute atomic E-state index is 10.9. The summed E-state index contributed by atoms with van der Waals surface area (Å²) < 4.78 is 4.79. The molecule has 0 fully saturated rings. The number of hydrogen-bond donors (Lipinski definition) is 2. The highest BCUT2D eigenvalue weighted by Crippen LogP contribution is 2.04. The maximum Gasteiger partial charge on any atom is 0.321 e. The average Bonchev–Trinajstić information content (AvgIpc) is 2.30. The van der Waals surface area contributed by atoms with Crippen LogP contribution in [0.3, 0.4) is 0 Å². The van der Waals surface area contributed by atoms with Gasteiger partial charge in [-0.05, 0) is 17.6 Å². The third kappa shape index (κ3) is 4.65. The van der Waals surface area contributed by atoms with Crippen molar-refractivity contribution in [3.05, 3.63) is 35.9 Å². The van der Waals surface area contributed by atoms with Gasteiger partial charge in [-0.2, -0.15) is 0 Å². The van der Waals surface area contributed by atoms with Gasteiger partial charge in [-0.1, -0.05) is 30.3 Å². The van der Waals surface area contributed by atoms with Crippen molar-refractivity contribution in [3.8, 4) is 0 Å². The zero-order valence-electron chi connectivity index (χ0n) is 9.05. The molecule has 88 valence electrons. The number of carboxylic acid groups (broad SMARTS) is 1. The lowest BCUT2D eigenvalue weighted by molar-refractivity contribution is -0.138. The molecule has 1 unspecified atom stereocenters. The van der Waals surface area contributed by atoms with Gasteiger partial charge in [0.25, 0.3) is 0 Å². The van der Waals surface area contributed by atoms with Crippen molar-refractivity contribution in [1.82, 2.24) is 5.32 Å². The fourth-order valence-electron chi connectivity index (χ4n) is 1.19. The summed E-state index contributed by atoms with van der Waals surface area (Å²) in [6, 6.07) is 9.10. The molecule has 0 heterocycles. The van der Waals surface area contributed by atoms with Crippen LogP contribution in [0.4, 0.5) is 0 Å². The molecule has 0 aliphatic rings. The third-order valence-electron chi connectivity index (χ3n) is 2.05. The van der Waals surface area contributed by atoms with Crippen LogP contribution in [0, 0.1) is 0 Å². The van der Waals surface area contributed by atoms with Gasteiger partial charge in [-0.3, -0.25) is 10.1 Å². The first-order valence-electron chi connectivity index (χ1n) is 4.89. The van der Waals surface area contributed by atoms with Crippen LogP contribution in [-0.2, 0) is 15.5 Å². The normalized spacial score (nSPS) is 12.3. The molecule has 0 aliphatic carbocycles. The van der Waals surface area contributed by atoms with Crippen molar-refractivity contribution in [2.24, 2.45) is 0 Å². The molecule has 1 aromatic carbocycles. The molecule has 0 bridgehead atoms. The summed E-state index contributed by atoms with van der Waals surface area (Å²) in [6.45, 7) is 0.544. The third-order valence-corrected chi connectivity index (χ3v) is 2.75. The standard InChI is InChI=1S/C11H15NO3S/c1-15-16-8-10(11(13)14)12-7-9-5-3-2-4-6-9/h2-6,10,12H,7-8H2,1H3,(H,13,14). The van der Waals surface area contributed by atoms with Crippen molar-refractivity contribution in [1.29, 1.82) is 0 Å². The first-order chi connectivity index (χ1) is 7.74. The van der Waals surface area contributed by atoms with E-state index in [0.29, 0.717) is 12.3 Å². The lowest BCUT2D eigenvalue weighted by Crippen LogP contribution is -2.38. The van der Waals surface area contributed by atoms with Crippen LogP contribution in [-0.4, -0.2) is 30.0 Å². The van der Waals surface area contributed by atoms with E-state index in [-0.39, 0.29) is 0 Å². The van der Waals surface area contributed by atoms with E-state index < -0.39 is 12.0 Å². The van der Waals surface area contributed by atoms with Crippen LogP contribution < -0.4 is 5.32 Å². The van der Waals surface area contributed by atoms with Gasteiger partial charge in [0.15, 0.2) is 0 Å². The van der Waals surface area contributed by atoms with E-state index in [1.807, 2.05) is 30.3 Å². The molecular weight excluding hydrogens is 226 g/mol. The predicted octanol–water partition coefficient (Wildman–Crippen LogP) is 1.52. The Hall–Kier alpha value is -1.04. The van der Waals surface area contributed by atoms with E-state index in [0.717, 1.165) is 17.6 Å². The highest BCUT2D eigenvalue weighted by Gasteiger charge is 2.16. The van der Waals surface area contributed by atoms with Crippen LogP contribution >= 0.6 is 12.0 Å². The molecule has 1 aromatic rings. The molecule has 1 rings (SSSR count). The molecule has 0 aliphatic heterocycles. The number of nitrogens with one attached hydrogen (secondary N) is 1. The van der Waals surface area contributed by atoms with Crippen LogP contribution in [0.5, 0.6) is 0 Å². The first kappa shape index (κ1) is 13.0. The minimum Gasteiger partial charge on any atom is -0.480 e. The lowest BCUT2D eigenvalue weighted by atomic mass is 10.2. The smallest absolute Gasteiger partial charge is 0.321 e. The van der Waals surface area contributed by atoms with Crippen molar-refractivity contribution in [2.45, 2.75) is 12.6 Å². The Morgan fingerprint density at radius 1 is 1.50 bits per heavy atom. The molecule has 2 N–H and O–H groups in total. The van der Waals surface area contributed by atoms with E-state index in [1.54, 1.807) is 0 Å². The molecule has 0 spiro atoms. The Kier molecular flexibility index (Phi) is 5.92. The Morgan fingerprint density at radius 3 is 2.75 bits per heavy atom. The van der Waals surface area contributed by atoms with Gasteiger partial charge in [-0.15, -0.1) is 0 Å². The summed E-state index contributed by atoms with van der Waals surface area (Å²) in [5, 5.41) is 11.9. The first-order valence-corrected chi connectivity index (χ1v) is 5.81. The molecule has 0 saturated carbocycles. The number of rotatable bonds is 7. The molecule has 1 atom stereocenters. The number of aliphatic carboxylic acids is 1. The van der Waals surface area contributed by atoms with Crippen molar-refractivity contribution < 1.29 is 14.1 Å². The minimum absolute atomic E-state index is 0.388. The van der Waals surface area contributed by atoms with Gasteiger partial charge in [0, 0.05) is 12.3 Å². The molecule has 5 heteroatoms. The Bertz CT molecular complexity index is 318. The van der Waals surface area contributed by atoms with Gasteiger partial charge in [-0.25, -0.2) is 0 Å². The summed E-state index contributed by atoms with van der Waals surface area (Å²) in [4.78, 5) is 10.9. The van der Waals surface area contributed by atoms with E-state index in [2.05, 4.69) is 5.32 Å². The van der Waals surface area contributed by atoms with Gasteiger partial charge in [0.2, 0.25) is 0 Å². The Labute approximate surface area is 99.2 Å². The second-order valence-electron chi connectivity index (χ2n) is 3.21. The topological polar surface area (TPSA) is 58.6 Å². The number of carbonyl (C=O) groups is 1. The predicted molar refractivity (Wildman–Crippen MR) is 64.2 cm³/mol. The molecule has 16 heavy (non-hydrogen) atoms. The average molecular weight is 241 g/mol. The second kappa shape index (κ2) is 7.27. The largest absolute Gasteiger partial charge is 0.480 e. The Balaban J connectivity index is 2.41. The fraction of sp³-hybridized carbons (Fsp3) is 0.364. The van der Waals surface area contributed by atoms with Crippen LogP contribution in [0.25, 0.3) is 0 Å². The number of carboxylic acids is 1. The molecule has 0 aromatic heterocycles. The molecule has 4 nitrogen and oxygen atoms in total. The summed E-state index contributed by atoms with van der Waals surface area (Å²) >= 11 is 1.14. The quantitative estimate of drug-likeness (QED) is 0.709. The summed E-state index contributed by atoms with van der Waals surface area (Å²) in [5.41, 5.74) is 1.07. The van der Waals surface area contributed by atoms with Gasteiger partial charge in [0.1, 0.15) is 6.04 Å². The monoisotopic (exact) mass is 241 g/mol. The van der Waals surface area contributed by atoms with Crippen LogP contribution in [0.2, 0.25) is 0 Å². The fourth-order valence-corrected chi connectivity index (χ4v) is 1.72. The molecule has 0 saturated heterocycles. The summed E-state index contributed by atoms with van der Waals surface area (Å²) in [6.07, 6.45) is 0. The summed E-state index contributed by atoms with van der Waals surface area (Å²) in [5.74, 6) is -0.473. The van der Waals surface area contributed by atoms with Crippen molar-refractivity contribution in [3.63, 3.8) is 0 Å².